The molecule has 5 nitrogen and oxygen atoms in total. The smallest absolute Gasteiger partial charge is 0.269 e. The Morgan fingerprint density at radius 1 is 1.17 bits per heavy atom. The van der Waals surface area contributed by atoms with Crippen LogP contribution < -0.4 is 0 Å². The summed E-state index contributed by atoms with van der Waals surface area (Å²) in [5, 5.41) is 10.6. The van der Waals surface area contributed by atoms with Crippen molar-refractivity contribution in [1.29, 1.82) is 0 Å². The molecule has 1 amide bonds. The zero-order valence-electron chi connectivity index (χ0n) is 13.3. The number of halogens is 1. The molecule has 0 aliphatic heterocycles. The Kier molecular flexibility index (Phi) is 5.42. The lowest BCUT2D eigenvalue weighted by Gasteiger charge is -2.24. The number of amides is 1. The maximum atomic E-state index is 13.0. The Labute approximate surface area is 139 Å². The molecule has 0 radical (unpaired) electrons. The minimum atomic E-state index is -0.475. The van der Waals surface area contributed by atoms with E-state index in [2.05, 4.69) is 0 Å². The molecule has 0 aliphatic carbocycles. The topological polar surface area (TPSA) is 63.5 Å². The number of nitro benzene ring substituents is 1. The van der Waals surface area contributed by atoms with Crippen molar-refractivity contribution in [1.82, 2.24) is 4.90 Å². The van der Waals surface area contributed by atoms with Crippen LogP contribution in [0.3, 0.4) is 0 Å². The highest BCUT2D eigenvalue weighted by Crippen LogP contribution is 2.19. The van der Waals surface area contributed by atoms with Gasteiger partial charge in [-0.05, 0) is 48.4 Å². The van der Waals surface area contributed by atoms with E-state index in [-0.39, 0.29) is 23.5 Å². The van der Waals surface area contributed by atoms with Gasteiger partial charge in [0.1, 0.15) is 5.82 Å². The van der Waals surface area contributed by atoms with Gasteiger partial charge >= 0.3 is 0 Å². The minimum Gasteiger partial charge on any atom is -0.335 e. The van der Waals surface area contributed by atoms with E-state index in [0.717, 1.165) is 5.56 Å². The third-order valence-electron chi connectivity index (χ3n) is 3.80. The van der Waals surface area contributed by atoms with Crippen molar-refractivity contribution in [2.24, 2.45) is 0 Å². The van der Waals surface area contributed by atoms with E-state index in [0.29, 0.717) is 5.56 Å². The van der Waals surface area contributed by atoms with Crippen LogP contribution in [0.4, 0.5) is 10.1 Å². The summed E-state index contributed by atoms with van der Waals surface area (Å²) in [4.78, 5) is 23.9. The largest absolute Gasteiger partial charge is 0.335 e. The first-order chi connectivity index (χ1) is 11.4. The number of carbonyl (C=O) groups excluding carboxylic acids is 1. The van der Waals surface area contributed by atoms with Gasteiger partial charge in [-0.2, -0.15) is 0 Å². The molecule has 2 rings (SSSR count). The summed E-state index contributed by atoms with van der Waals surface area (Å²) in [6.45, 7) is 1.85. The summed E-state index contributed by atoms with van der Waals surface area (Å²) in [5.41, 5.74) is 1.52. The van der Waals surface area contributed by atoms with E-state index >= 15 is 0 Å². The van der Waals surface area contributed by atoms with Crippen molar-refractivity contribution in [3.05, 3.63) is 81.7 Å². The van der Waals surface area contributed by atoms with Crippen LogP contribution in [0, 0.1) is 15.9 Å². The van der Waals surface area contributed by atoms with Crippen LogP contribution in [0.2, 0.25) is 0 Å². The number of rotatable bonds is 5. The standard InChI is InChI=1S/C18H17FN2O3/c1-13(15-6-8-16(19)9-7-15)20(2)18(22)12-5-14-3-10-17(11-4-14)21(23)24/h3-13H,1-2H3/b12-5+. The van der Waals surface area contributed by atoms with Crippen molar-refractivity contribution in [3.63, 3.8) is 0 Å². The molecule has 2 aromatic rings. The number of likely N-dealkylation sites (N-methyl/N-ethyl adjacent to an activating group) is 1. The summed E-state index contributed by atoms with van der Waals surface area (Å²) in [7, 11) is 1.66. The van der Waals surface area contributed by atoms with Crippen molar-refractivity contribution in [2.75, 3.05) is 7.05 Å². The van der Waals surface area contributed by atoms with Gasteiger partial charge in [0.2, 0.25) is 5.91 Å². The molecule has 0 N–H and O–H groups in total. The first-order valence-corrected chi connectivity index (χ1v) is 7.33. The lowest BCUT2D eigenvalue weighted by atomic mass is 10.1. The number of non-ortho nitro benzene ring substituents is 1. The number of nitrogens with zero attached hydrogens (tertiary/aromatic N) is 2. The molecular weight excluding hydrogens is 311 g/mol. The van der Waals surface area contributed by atoms with Crippen LogP contribution in [0.25, 0.3) is 6.08 Å². The number of benzene rings is 2. The fourth-order valence-corrected chi connectivity index (χ4v) is 2.15. The molecule has 2 aromatic carbocycles. The molecule has 1 atom stereocenters. The molecule has 6 heteroatoms. The van der Waals surface area contributed by atoms with E-state index in [1.165, 1.54) is 35.2 Å². The predicted molar refractivity (Wildman–Crippen MR) is 89.7 cm³/mol. The third kappa shape index (κ3) is 4.25. The van der Waals surface area contributed by atoms with E-state index < -0.39 is 4.92 Å². The van der Waals surface area contributed by atoms with Crippen LogP contribution in [-0.2, 0) is 4.79 Å². The van der Waals surface area contributed by atoms with Gasteiger partial charge < -0.3 is 4.90 Å². The number of hydrogen-bond donors (Lipinski definition) is 0. The summed E-state index contributed by atoms with van der Waals surface area (Å²) in [6, 6.07) is 11.7. The number of hydrogen-bond acceptors (Lipinski definition) is 3. The fraction of sp³-hybridized carbons (Fsp3) is 0.167. The molecule has 124 valence electrons. The van der Waals surface area contributed by atoms with E-state index in [1.807, 2.05) is 6.92 Å². The molecule has 0 aliphatic rings. The first kappa shape index (κ1) is 17.3. The zero-order chi connectivity index (χ0) is 17.7. The van der Waals surface area contributed by atoms with Gasteiger partial charge in [-0.3, -0.25) is 14.9 Å². The molecule has 1 unspecified atom stereocenters. The van der Waals surface area contributed by atoms with Crippen LogP contribution in [0.15, 0.2) is 54.6 Å². The van der Waals surface area contributed by atoms with Crippen molar-refractivity contribution >= 4 is 17.7 Å². The molecule has 0 saturated carbocycles. The van der Waals surface area contributed by atoms with E-state index in [9.17, 15) is 19.3 Å². The Hall–Kier alpha value is -3.02. The van der Waals surface area contributed by atoms with Gasteiger partial charge in [0.05, 0.1) is 11.0 Å². The summed E-state index contributed by atoms with van der Waals surface area (Å²) >= 11 is 0. The highest BCUT2D eigenvalue weighted by atomic mass is 19.1. The van der Waals surface area contributed by atoms with Crippen molar-refractivity contribution < 1.29 is 14.1 Å². The first-order valence-electron chi connectivity index (χ1n) is 7.33. The molecule has 24 heavy (non-hydrogen) atoms. The normalized spacial score (nSPS) is 12.1. The second-order valence-corrected chi connectivity index (χ2v) is 5.36. The molecule has 0 fully saturated rings. The predicted octanol–water partition coefficient (Wildman–Crippen LogP) is 3.97. The second kappa shape index (κ2) is 7.50. The second-order valence-electron chi connectivity index (χ2n) is 5.36. The lowest BCUT2D eigenvalue weighted by Crippen LogP contribution is -2.27. The van der Waals surface area contributed by atoms with Gasteiger partial charge in [0.25, 0.3) is 5.69 Å². The SMILES string of the molecule is CC(c1ccc(F)cc1)N(C)C(=O)/C=C/c1ccc([N+](=O)[O-])cc1. The van der Waals surface area contributed by atoms with Crippen molar-refractivity contribution in [3.8, 4) is 0 Å². The van der Waals surface area contributed by atoms with Gasteiger partial charge in [0, 0.05) is 25.3 Å². The van der Waals surface area contributed by atoms with Crippen molar-refractivity contribution in [2.45, 2.75) is 13.0 Å². The van der Waals surface area contributed by atoms with Crippen LogP contribution >= 0.6 is 0 Å². The third-order valence-corrected chi connectivity index (χ3v) is 3.80. The highest BCUT2D eigenvalue weighted by Gasteiger charge is 2.15. The highest BCUT2D eigenvalue weighted by molar-refractivity contribution is 5.91. The van der Waals surface area contributed by atoms with E-state index in [1.54, 1.807) is 37.4 Å². The number of carbonyl (C=O) groups is 1. The summed E-state index contributed by atoms with van der Waals surface area (Å²) < 4.78 is 13.0. The quantitative estimate of drug-likeness (QED) is 0.474. The molecule has 0 saturated heterocycles. The fourth-order valence-electron chi connectivity index (χ4n) is 2.15. The van der Waals surface area contributed by atoms with Gasteiger partial charge in [0.15, 0.2) is 0 Å². The summed E-state index contributed by atoms with van der Waals surface area (Å²) in [5.74, 6) is -0.539. The zero-order valence-corrected chi connectivity index (χ0v) is 13.3. The van der Waals surface area contributed by atoms with Crippen LogP contribution in [0.1, 0.15) is 24.1 Å². The van der Waals surface area contributed by atoms with Crippen LogP contribution in [-0.4, -0.2) is 22.8 Å². The van der Waals surface area contributed by atoms with Gasteiger partial charge in [-0.25, -0.2) is 4.39 Å². The lowest BCUT2D eigenvalue weighted by molar-refractivity contribution is -0.384. The maximum absolute atomic E-state index is 13.0. The molecule has 0 spiro atoms. The average Bonchev–Trinajstić information content (AvgIpc) is 2.59. The Balaban J connectivity index is 2.04. The maximum Gasteiger partial charge on any atom is 0.269 e. The summed E-state index contributed by atoms with van der Waals surface area (Å²) in [6.07, 6.45) is 3.00. The monoisotopic (exact) mass is 328 g/mol. The molecular formula is C18H17FN2O3. The average molecular weight is 328 g/mol. The van der Waals surface area contributed by atoms with Crippen LogP contribution in [0.5, 0.6) is 0 Å². The van der Waals surface area contributed by atoms with Gasteiger partial charge in [-0.15, -0.1) is 0 Å². The van der Waals surface area contributed by atoms with E-state index in [4.69, 9.17) is 0 Å². The number of nitro groups is 1. The molecule has 0 aromatic heterocycles. The molecule has 0 heterocycles. The van der Waals surface area contributed by atoms with Gasteiger partial charge in [-0.1, -0.05) is 12.1 Å². The molecule has 0 bridgehead atoms. The Morgan fingerprint density at radius 2 is 1.75 bits per heavy atom. The Bertz CT molecular complexity index is 755. The Morgan fingerprint density at radius 3 is 2.29 bits per heavy atom. The minimum absolute atomic E-state index is 0.000488.